The molecule has 0 spiro atoms. The minimum absolute atomic E-state index is 0.113. The molecule has 124 valence electrons. The van der Waals surface area contributed by atoms with Crippen LogP contribution in [0.5, 0.6) is 0 Å². The summed E-state index contributed by atoms with van der Waals surface area (Å²) in [7, 11) is 0. The van der Waals surface area contributed by atoms with Crippen LogP contribution >= 0.6 is 15.9 Å². The largest absolute Gasteiger partial charge is 0.323 e. The van der Waals surface area contributed by atoms with Gasteiger partial charge in [0.25, 0.3) is 0 Å². The maximum Gasteiger partial charge on any atom is 0.227 e. The lowest BCUT2D eigenvalue weighted by Gasteiger charge is -2.27. The van der Waals surface area contributed by atoms with Crippen LogP contribution in [-0.2, 0) is 4.79 Å². The zero-order valence-corrected chi connectivity index (χ0v) is 15.1. The van der Waals surface area contributed by atoms with Gasteiger partial charge < -0.3 is 5.32 Å². The highest BCUT2D eigenvalue weighted by molar-refractivity contribution is 9.10. The van der Waals surface area contributed by atoms with E-state index >= 15 is 0 Å². The van der Waals surface area contributed by atoms with E-state index in [0.29, 0.717) is 5.65 Å². The molecule has 0 bridgehead atoms. The zero-order valence-electron chi connectivity index (χ0n) is 13.5. The van der Waals surface area contributed by atoms with Crippen LogP contribution in [0.15, 0.2) is 23.1 Å². The lowest BCUT2D eigenvalue weighted by Crippen LogP contribution is -2.27. The third-order valence-electron chi connectivity index (χ3n) is 4.80. The third-order valence-corrected chi connectivity index (χ3v) is 5.23. The Morgan fingerprint density at radius 3 is 2.91 bits per heavy atom. The van der Waals surface area contributed by atoms with Crippen LogP contribution < -0.4 is 5.32 Å². The van der Waals surface area contributed by atoms with Gasteiger partial charge in [-0.05, 0) is 53.6 Å². The van der Waals surface area contributed by atoms with E-state index in [0.717, 1.165) is 28.9 Å². The monoisotopic (exact) mass is 378 g/mol. The molecule has 2 heterocycles. The summed E-state index contributed by atoms with van der Waals surface area (Å²) in [6, 6.07) is 1.88. The second-order valence-corrected chi connectivity index (χ2v) is 7.40. The van der Waals surface area contributed by atoms with Gasteiger partial charge in [-0.2, -0.15) is 0 Å². The van der Waals surface area contributed by atoms with Gasteiger partial charge in [0.2, 0.25) is 5.91 Å². The van der Waals surface area contributed by atoms with Crippen molar-refractivity contribution in [3.63, 3.8) is 0 Å². The lowest BCUT2D eigenvalue weighted by molar-refractivity contribution is -0.121. The van der Waals surface area contributed by atoms with Crippen LogP contribution in [0, 0.1) is 11.8 Å². The summed E-state index contributed by atoms with van der Waals surface area (Å²) in [5.41, 5.74) is 1.40. The number of pyridine rings is 1. The third kappa shape index (κ3) is 3.91. The van der Waals surface area contributed by atoms with Crippen LogP contribution in [0.1, 0.15) is 51.9 Å². The Bertz CT molecular complexity index is 676. The average Bonchev–Trinajstić information content (AvgIpc) is 3.01. The topological polar surface area (TPSA) is 59.3 Å². The van der Waals surface area contributed by atoms with Crippen LogP contribution in [0.3, 0.4) is 0 Å². The van der Waals surface area contributed by atoms with Gasteiger partial charge in [0.15, 0.2) is 5.65 Å². The Hall–Kier alpha value is -1.43. The first kappa shape index (κ1) is 16.4. The van der Waals surface area contributed by atoms with E-state index in [4.69, 9.17) is 0 Å². The van der Waals surface area contributed by atoms with Crippen LogP contribution in [0.25, 0.3) is 5.65 Å². The van der Waals surface area contributed by atoms with Crippen molar-refractivity contribution in [3.8, 4) is 0 Å². The number of carbonyl (C=O) groups is 1. The SMILES string of the molecule is CCCCC1CCC(C(=O)Nc2cc(Br)cn3cnnc23)CC1. The quantitative estimate of drug-likeness (QED) is 0.836. The van der Waals surface area contributed by atoms with E-state index in [1.54, 1.807) is 10.7 Å². The van der Waals surface area contributed by atoms with E-state index in [2.05, 4.69) is 38.4 Å². The molecule has 5 nitrogen and oxygen atoms in total. The molecular formula is C17H23BrN4O. The summed E-state index contributed by atoms with van der Waals surface area (Å²) >= 11 is 3.46. The van der Waals surface area contributed by atoms with Gasteiger partial charge in [-0.3, -0.25) is 9.20 Å². The first-order chi connectivity index (χ1) is 11.2. The second-order valence-electron chi connectivity index (χ2n) is 6.48. The number of fused-ring (bicyclic) bond motifs is 1. The Kier molecular flexibility index (Phi) is 5.30. The Balaban J connectivity index is 1.62. The number of anilines is 1. The van der Waals surface area contributed by atoms with Crippen molar-refractivity contribution < 1.29 is 4.79 Å². The van der Waals surface area contributed by atoms with Gasteiger partial charge in [-0.1, -0.05) is 26.2 Å². The molecule has 2 aromatic rings. The molecule has 1 aliphatic carbocycles. The molecule has 0 aliphatic heterocycles. The standard InChI is InChI=1S/C17H23BrN4O/c1-2-3-4-12-5-7-13(8-6-12)17(23)20-15-9-14(18)10-22-11-19-21-16(15)22/h9-13H,2-8H2,1H3,(H,20,23). The van der Waals surface area contributed by atoms with Crippen molar-refractivity contribution in [2.24, 2.45) is 11.8 Å². The smallest absolute Gasteiger partial charge is 0.227 e. The van der Waals surface area contributed by atoms with Gasteiger partial charge in [0.05, 0.1) is 5.69 Å². The summed E-state index contributed by atoms with van der Waals surface area (Å²) in [6.07, 6.45) is 11.7. The maximum atomic E-state index is 12.6. The average molecular weight is 379 g/mol. The van der Waals surface area contributed by atoms with E-state index in [1.165, 1.54) is 32.1 Å². The second kappa shape index (κ2) is 7.43. The normalized spacial score (nSPS) is 21.5. The number of aromatic nitrogens is 3. The molecule has 1 N–H and O–H groups in total. The number of nitrogens with zero attached hydrogens (tertiary/aromatic N) is 3. The summed E-state index contributed by atoms with van der Waals surface area (Å²) in [4.78, 5) is 12.6. The van der Waals surface area contributed by atoms with E-state index in [1.807, 2.05) is 12.3 Å². The minimum Gasteiger partial charge on any atom is -0.323 e. The maximum absolute atomic E-state index is 12.6. The van der Waals surface area contributed by atoms with Gasteiger partial charge in [-0.15, -0.1) is 10.2 Å². The first-order valence-corrected chi connectivity index (χ1v) is 9.26. The zero-order chi connectivity index (χ0) is 16.2. The molecule has 0 saturated heterocycles. The fraction of sp³-hybridized carbons (Fsp3) is 0.588. The number of unbranched alkanes of at least 4 members (excludes halogenated alkanes) is 1. The highest BCUT2D eigenvalue weighted by atomic mass is 79.9. The predicted octanol–water partition coefficient (Wildman–Crippen LogP) is 4.43. The van der Waals surface area contributed by atoms with Crippen molar-refractivity contribution >= 4 is 33.2 Å². The van der Waals surface area contributed by atoms with Crippen molar-refractivity contribution in [2.75, 3.05) is 5.32 Å². The van der Waals surface area contributed by atoms with Gasteiger partial charge in [0, 0.05) is 16.6 Å². The molecule has 6 heteroatoms. The lowest BCUT2D eigenvalue weighted by atomic mass is 9.79. The summed E-state index contributed by atoms with van der Waals surface area (Å²) in [5, 5.41) is 11.0. The van der Waals surface area contributed by atoms with Crippen molar-refractivity contribution in [2.45, 2.75) is 51.9 Å². The number of rotatable bonds is 5. The molecular weight excluding hydrogens is 356 g/mol. The van der Waals surface area contributed by atoms with E-state index in [9.17, 15) is 4.79 Å². The van der Waals surface area contributed by atoms with Crippen molar-refractivity contribution in [3.05, 3.63) is 23.1 Å². The highest BCUT2D eigenvalue weighted by Gasteiger charge is 2.26. The summed E-state index contributed by atoms with van der Waals surface area (Å²) in [6.45, 7) is 2.24. The van der Waals surface area contributed by atoms with Gasteiger partial charge >= 0.3 is 0 Å². The van der Waals surface area contributed by atoms with Crippen LogP contribution in [0.4, 0.5) is 5.69 Å². The fourth-order valence-electron chi connectivity index (χ4n) is 3.44. The summed E-state index contributed by atoms with van der Waals surface area (Å²) < 4.78 is 2.70. The van der Waals surface area contributed by atoms with Crippen LogP contribution in [0.2, 0.25) is 0 Å². The molecule has 1 amide bonds. The molecule has 0 unspecified atom stereocenters. The van der Waals surface area contributed by atoms with E-state index < -0.39 is 0 Å². The number of halogens is 1. The molecule has 3 rings (SSSR count). The summed E-state index contributed by atoms with van der Waals surface area (Å²) in [5.74, 6) is 1.05. The number of nitrogens with one attached hydrogen (secondary N) is 1. The molecule has 0 radical (unpaired) electrons. The Morgan fingerprint density at radius 1 is 1.39 bits per heavy atom. The van der Waals surface area contributed by atoms with E-state index in [-0.39, 0.29) is 11.8 Å². The van der Waals surface area contributed by atoms with Crippen molar-refractivity contribution in [1.82, 2.24) is 14.6 Å². The van der Waals surface area contributed by atoms with Crippen molar-refractivity contribution in [1.29, 1.82) is 0 Å². The molecule has 0 atom stereocenters. The molecule has 2 aromatic heterocycles. The molecule has 23 heavy (non-hydrogen) atoms. The number of carbonyl (C=O) groups excluding carboxylic acids is 1. The molecule has 0 aromatic carbocycles. The number of amides is 1. The predicted molar refractivity (Wildman–Crippen MR) is 94.3 cm³/mol. The number of hydrogen-bond acceptors (Lipinski definition) is 3. The highest BCUT2D eigenvalue weighted by Crippen LogP contribution is 2.33. The first-order valence-electron chi connectivity index (χ1n) is 8.47. The fourth-order valence-corrected chi connectivity index (χ4v) is 3.88. The molecule has 1 aliphatic rings. The van der Waals surface area contributed by atoms with Crippen LogP contribution in [-0.4, -0.2) is 20.5 Å². The Morgan fingerprint density at radius 2 is 2.17 bits per heavy atom. The van der Waals surface area contributed by atoms with Gasteiger partial charge in [-0.25, -0.2) is 0 Å². The molecule has 1 fully saturated rings. The molecule has 1 saturated carbocycles. The number of hydrogen-bond donors (Lipinski definition) is 1. The minimum atomic E-state index is 0.113. The van der Waals surface area contributed by atoms with Gasteiger partial charge in [0.1, 0.15) is 6.33 Å². The Labute approximate surface area is 145 Å².